The number of hydrogen-bond donors (Lipinski definition) is 0. The summed E-state index contributed by atoms with van der Waals surface area (Å²) in [6.07, 6.45) is 0.344. The summed E-state index contributed by atoms with van der Waals surface area (Å²) in [6.45, 7) is 3.18. The molecule has 2 nitrogen and oxygen atoms in total. The third-order valence-corrected chi connectivity index (χ3v) is 0.378. The third-order valence-electron chi connectivity index (χ3n) is 0.378. The topological polar surface area (TPSA) is 34.1 Å². The Labute approximate surface area is 54.5 Å². The molecular formula is C4H5LiO2. The summed E-state index contributed by atoms with van der Waals surface area (Å²) in [5.41, 5.74) is 0. The van der Waals surface area contributed by atoms with Crippen LogP contribution in [0.1, 0.15) is 6.42 Å². The Bertz CT molecular complexity index is 70.1. The molecule has 0 aliphatic carbocycles. The van der Waals surface area contributed by atoms with Crippen LogP contribution in [0, 0.1) is 6.92 Å². The first kappa shape index (κ1) is 10.0. The smallest absolute Gasteiger partial charge is 0.336 e. The molecule has 0 bridgehead atoms. The predicted octanol–water partition coefficient (Wildman–Crippen LogP) is -3.02. The van der Waals surface area contributed by atoms with Gasteiger partial charge in [-0.1, -0.05) is 0 Å². The van der Waals surface area contributed by atoms with Gasteiger partial charge < -0.3 is 6.92 Å². The Kier molecular flexibility index (Phi) is 8.51. The Morgan fingerprint density at radius 2 is 2.14 bits per heavy atom. The van der Waals surface area contributed by atoms with Crippen molar-refractivity contribution in [2.75, 3.05) is 0 Å². The van der Waals surface area contributed by atoms with Crippen LogP contribution in [0.25, 0.3) is 0 Å². The summed E-state index contributed by atoms with van der Waals surface area (Å²) in [7, 11) is 0. The second-order valence-electron chi connectivity index (χ2n) is 0.834. The predicted molar refractivity (Wildman–Crippen MR) is 21.0 cm³/mol. The molecule has 0 aliphatic heterocycles. The Morgan fingerprint density at radius 1 is 1.71 bits per heavy atom. The molecule has 0 spiro atoms. The maximum atomic E-state index is 9.75. The SMILES string of the molecule is [CH2-]CC(=O)C=O.[Li+]. The third kappa shape index (κ3) is 5.94. The molecule has 34 valence electrons. The van der Waals surface area contributed by atoms with Crippen molar-refractivity contribution in [2.45, 2.75) is 6.42 Å². The van der Waals surface area contributed by atoms with E-state index in [2.05, 4.69) is 6.92 Å². The van der Waals surface area contributed by atoms with Gasteiger partial charge in [0.05, 0.1) is 0 Å². The van der Waals surface area contributed by atoms with Gasteiger partial charge in [-0.25, -0.2) is 0 Å². The molecule has 0 aromatic rings. The van der Waals surface area contributed by atoms with Gasteiger partial charge in [-0.15, -0.1) is 6.42 Å². The second kappa shape index (κ2) is 5.94. The fourth-order valence-corrected chi connectivity index (χ4v) is 0.0589. The minimum absolute atomic E-state index is 0. The number of aldehydes is 1. The van der Waals surface area contributed by atoms with Crippen LogP contribution in [0.4, 0.5) is 0 Å². The molecule has 0 heterocycles. The molecule has 0 radical (unpaired) electrons. The number of hydrogen-bond acceptors (Lipinski definition) is 2. The van der Waals surface area contributed by atoms with Crippen LogP contribution in [0.2, 0.25) is 0 Å². The largest absolute Gasteiger partial charge is 1.00 e. The fourth-order valence-electron chi connectivity index (χ4n) is 0.0589. The first-order chi connectivity index (χ1) is 2.81. The number of carbonyl (C=O) groups excluding carboxylic acids is 2. The molecule has 0 saturated carbocycles. The van der Waals surface area contributed by atoms with Gasteiger partial charge in [0, 0.05) is 0 Å². The first-order valence-electron chi connectivity index (χ1n) is 1.58. The van der Waals surface area contributed by atoms with E-state index in [1.807, 2.05) is 0 Å². The number of ketones is 1. The van der Waals surface area contributed by atoms with Crippen molar-refractivity contribution in [1.29, 1.82) is 0 Å². The van der Waals surface area contributed by atoms with E-state index in [4.69, 9.17) is 0 Å². The molecule has 0 rings (SSSR count). The van der Waals surface area contributed by atoms with Crippen LogP contribution < -0.4 is 18.9 Å². The maximum Gasteiger partial charge on any atom is 1.00 e. The summed E-state index contributed by atoms with van der Waals surface area (Å²) in [5, 5.41) is 0. The minimum atomic E-state index is -0.449. The Balaban J connectivity index is 0. The zero-order chi connectivity index (χ0) is 4.99. The summed E-state index contributed by atoms with van der Waals surface area (Å²) >= 11 is 0. The summed E-state index contributed by atoms with van der Waals surface area (Å²) in [5.74, 6) is -0.449. The Hall–Kier alpha value is -0.0626. The van der Waals surface area contributed by atoms with E-state index in [0.29, 0.717) is 0 Å². The molecule has 0 aromatic heterocycles. The molecule has 0 saturated heterocycles. The van der Waals surface area contributed by atoms with Crippen molar-refractivity contribution >= 4 is 12.1 Å². The van der Waals surface area contributed by atoms with Gasteiger partial charge in [0.2, 0.25) is 0 Å². The monoisotopic (exact) mass is 92.0 g/mol. The van der Waals surface area contributed by atoms with Gasteiger partial charge >= 0.3 is 18.9 Å². The van der Waals surface area contributed by atoms with E-state index in [0.717, 1.165) is 0 Å². The molecule has 0 aromatic carbocycles. The molecule has 0 N–H and O–H groups in total. The van der Waals surface area contributed by atoms with Crippen LogP contribution in [0.15, 0.2) is 0 Å². The molecule has 0 amide bonds. The Morgan fingerprint density at radius 3 is 2.14 bits per heavy atom. The first-order valence-corrected chi connectivity index (χ1v) is 1.58. The average molecular weight is 92.0 g/mol. The molecule has 7 heavy (non-hydrogen) atoms. The fraction of sp³-hybridized carbons (Fsp3) is 0.250. The summed E-state index contributed by atoms with van der Waals surface area (Å²) in [6, 6.07) is 0. The minimum Gasteiger partial charge on any atom is -0.336 e. The summed E-state index contributed by atoms with van der Waals surface area (Å²) in [4.78, 5) is 19.1. The van der Waals surface area contributed by atoms with E-state index < -0.39 is 5.78 Å². The number of carbonyl (C=O) groups is 2. The van der Waals surface area contributed by atoms with Crippen molar-refractivity contribution in [3.8, 4) is 0 Å². The number of Topliss-reactive ketones (excluding diaryl/α,β-unsaturated/α-hetero) is 1. The number of rotatable bonds is 2. The van der Waals surface area contributed by atoms with Crippen molar-refractivity contribution in [3.05, 3.63) is 6.92 Å². The van der Waals surface area contributed by atoms with Gasteiger partial charge in [0.25, 0.3) is 0 Å². The quantitative estimate of drug-likeness (QED) is 0.157. The van der Waals surface area contributed by atoms with Crippen molar-refractivity contribution < 1.29 is 28.4 Å². The summed E-state index contributed by atoms with van der Waals surface area (Å²) < 4.78 is 0. The standard InChI is InChI=1S/C4H5O2.Li/c1-2-4(6)3-5;/h3H,1-2H2;/q-1;+1. The molecule has 0 unspecified atom stereocenters. The molecule has 3 heteroatoms. The van der Waals surface area contributed by atoms with Crippen molar-refractivity contribution in [1.82, 2.24) is 0 Å². The van der Waals surface area contributed by atoms with E-state index in [1.54, 1.807) is 0 Å². The van der Waals surface area contributed by atoms with E-state index >= 15 is 0 Å². The van der Waals surface area contributed by atoms with Crippen molar-refractivity contribution in [3.63, 3.8) is 0 Å². The molecule has 0 fully saturated rings. The normalized spacial score (nSPS) is 6.43. The van der Waals surface area contributed by atoms with Gasteiger partial charge in [-0.05, 0) is 0 Å². The molecule has 0 aliphatic rings. The second-order valence-corrected chi connectivity index (χ2v) is 0.834. The van der Waals surface area contributed by atoms with Crippen LogP contribution in [0.3, 0.4) is 0 Å². The van der Waals surface area contributed by atoms with Gasteiger partial charge in [0.1, 0.15) is 0 Å². The van der Waals surface area contributed by atoms with Gasteiger partial charge in [-0.2, -0.15) is 0 Å². The zero-order valence-electron chi connectivity index (χ0n) is 4.31. The van der Waals surface area contributed by atoms with Gasteiger partial charge in [0.15, 0.2) is 12.1 Å². The van der Waals surface area contributed by atoms with Crippen LogP contribution in [0.5, 0.6) is 0 Å². The van der Waals surface area contributed by atoms with E-state index in [-0.39, 0.29) is 31.6 Å². The van der Waals surface area contributed by atoms with Crippen LogP contribution >= 0.6 is 0 Å². The molecular weight excluding hydrogens is 87.0 g/mol. The van der Waals surface area contributed by atoms with Crippen LogP contribution in [-0.2, 0) is 9.59 Å². The zero-order valence-corrected chi connectivity index (χ0v) is 4.31. The van der Waals surface area contributed by atoms with E-state index in [9.17, 15) is 9.59 Å². The van der Waals surface area contributed by atoms with E-state index in [1.165, 1.54) is 0 Å². The van der Waals surface area contributed by atoms with Crippen molar-refractivity contribution in [2.24, 2.45) is 0 Å². The molecule has 0 atom stereocenters. The average Bonchev–Trinajstić information content (AvgIpc) is 1.65. The van der Waals surface area contributed by atoms with Crippen LogP contribution in [-0.4, -0.2) is 12.1 Å². The maximum absolute atomic E-state index is 9.75. The van der Waals surface area contributed by atoms with Gasteiger partial charge in [-0.3, -0.25) is 9.59 Å².